The van der Waals surface area contributed by atoms with Crippen molar-refractivity contribution in [2.24, 2.45) is 0 Å². The van der Waals surface area contributed by atoms with Crippen molar-refractivity contribution in [3.05, 3.63) is 23.5 Å². The molecule has 1 atom stereocenters. The minimum Gasteiger partial charge on any atom is -0.501 e. The highest BCUT2D eigenvalue weighted by atomic mass is 16.5. The molecule has 1 aliphatic rings. The van der Waals surface area contributed by atoms with Gasteiger partial charge in [-0.1, -0.05) is 12.2 Å². The zero-order valence-corrected chi connectivity index (χ0v) is 8.05. The van der Waals surface area contributed by atoms with Crippen LogP contribution in [0.3, 0.4) is 0 Å². The van der Waals surface area contributed by atoms with Gasteiger partial charge < -0.3 is 10.1 Å². The Hall–Kier alpha value is -0.760. The van der Waals surface area contributed by atoms with Gasteiger partial charge in [0.1, 0.15) is 5.76 Å². The molecule has 0 amide bonds. The summed E-state index contributed by atoms with van der Waals surface area (Å²) in [4.78, 5) is 0. The predicted molar refractivity (Wildman–Crippen MR) is 50.9 cm³/mol. The molecule has 0 saturated carbocycles. The van der Waals surface area contributed by atoms with Crippen molar-refractivity contribution >= 4 is 0 Å². The number of hydrogen-bond donors (Lipinski definition) is 1. The van der Waals surface area contributed by atoms with E-state index in [9.17, 15) is 0 Å². The van der Waals surface area contributed by atoms with E-state index in [1.807, 2.05) is 7.05 Å². The molecule has 1 aliphatic carbocycles. The Bertz CT molecular complexity index is 206. The molecule has 0 heterocycles. The van der Waals surface area contributed by atoms with Gasteiger partial charge in [0, 0.05) is 18.0 Å². The van der Waals surface area contributed by atoms with E-state index in [0.717, 1.165) is 18.6 Å². The molecule has 2 heteroatoms. The lowest BCUT2D eigenvalue weighted by Gasteiger charge is -2.19. The molecule has 0 bridgehead atoms. The van der Waals surface area contributed by atoms with Crippen LogP contribution in [0, 0.1) is 0 Å². The molecular weight excluding hydrogens is 150 g/mol. The highest BCUT2D eigenvalue weighted by Crippen LogP contribution is 2.21. The highest BCUT2D eigenvalue weighted by molar-refractivity contribution is 5.30. The summed E-state index contributed by atoms with van der Waals surface area (Å²) in [7, 11) is 3.71. The largest absolute Gasteiger partial charge is 0.501 e. The first kappa shape index (κ1) is 9.33. The van der Waals surface area contributed by atoms with Gasteiger partial charge >= 0.3 is 0 Å². The Morgan fingerprint density at radius 1 is 1.58 bits per heavy atom. The van der Waals surface area contributed by atoms with Crippen LogP contribution in [0.5, 0.6) is 0 Å². The molecule has 1 N–H and O–H groups in total. The lowest BCUT2D eigenvalue weighted by molar-refractivity contribution is 0.269. The predicted octanol–water partition coefficient (Wildman–Crippen LogP) is 1.84. The minimum atomic E-state index is 0.386. The van der Waals surface area contributed by atoms with Crippen molar-refractivity contribution in [2.75, 3.05) is 14.2 Å². The number of rotatable bonds is 3. The minimum absolute atomic E-state index is 0.386. The number of hydrogen-bond acceptors (Lipinski definition) is 2. The number of likely N-dealkylation sites (N-methyl/N-ethyl adjacent to an activating group) is 1. The highest BCUT2D eigenvalue weighted by Gasteiger charge is 2.13. The van der Waals surface area contributed by atoms with Crippen LogP contribution in [0.25, 0.3) is 0 Å². The fraction of sp³-hybridized carbons (Fsp3) is 0.600. The number of nitrogens with one attached hydrogen (secondary N) is 1. The van der Waals surface area contributed by atoms with Gasteiger partial charge in [-0.05, 0) is 20.4 Å². The zero-order chi connectivity index (χ0) is 8.97. The topological polar surface area (TPSA) is 21.3 Å². The maximum Gasteiger partial charge on any atom is 0.101 e. The summed E-state index contributed by atoms with van der Waals surface area (Å²) in [5, 5.41) is 3.21. The van der Waals surface area contributed by atoms with Gasteiger partial charge in [0.05, 0.1) is 7.11 Å². The molecule has 0 saturated heterocycles. The Morgan fingerprint density at radius 2 is 2.33 bits per heavy atom. The van der Waals surface area contributed by atoms with Crippen molar-refractivity contribution in [3.63, 3.8) is 0 Å². The average molecular weight is 167 g/mol. The lowest BCUT2D eigenvalue weighted by Crippen LogP contribution is -2.24. The molecule has 0 radical (unpaired) electrons. The fourth-order valence-electron chi connectivity index (χ4n) is 1.42. The second-order valence-corrected chi connectivity index (χ2v) is 3.03. The fourth-order valence-corrected chi connectivity index (χ4v) is 1.42. The molecule has 0 fully saturated rings. The van der Waals surface area contributed by atoms with Gasteiger partial charge in [0.2, 0.25) is 0 Å². The molecule has 0 aromatic carbocycles. The van der Waals surface area contributed by atoms with Crippen molar-refractivity contribution in [3.8, 4) is 0 Å². The summed E-state index contributed by atoms with van der Waals surface area (Å²) in [6, 6.07) is 0.386. The second-order valence-electron chi connectivity index (χ2n) is 3.03. The van der Waals surface area contributed by atoms with Crippen molar-refractivity contribution < 1.29 is 4.74 Å². The van der Waals surface area contributed by atoms with Gasteiger partial charge in [-0.25, -0.2) is 0 Å². The molecule has 2 nitrogen and oxygen atoms in total. The molecule has 1 unspecified atom stereocenters. The summed E-state index contributed by atoms with van der Waals surface area (Å²) in [6.45, 7) is 2.14. The maximum absolute atomic E-state index is 5.32. The second kappa shape index (κ2) is 4.31. The van der Waals surface area contributed by atoms with E-state index >= 15 is 0 Å². The molecule has 0 aliphatic heterocycles. The number of methoxy groups -OCH3 is 1. The Balaban J connectivity index is 2.80. The summed E-state index contributed by atoms with van der Waals surface area (Å²) in [5.74, 6) is 1.12. The lowest BCUT2D eigenvalue weighted by atomic mass is 9.99. The van der Waals surface area contributed by atoms with Crippen LogP contribution in [0.1, 0.15) is 19.8 Å². The van der Waals surface area contributed by atoms with Crippen LogP contribution in [-0.4, -0.2) is 20.2 Å². The molecule has 68 valence electrons. The monoisotopic (exact) mass is 167 g/mol. The van der Waals surface area contributed by atoms with Crippen LogP contribution >= 0.6 is 0 Å². The van der Waals surface area contributed by atoms with E-state index in [0.29, 0.717) is 6.04 Å². The van der Waals surface area contributed by atoms with Crippen LogP contribution in [0.2, 0.25) is 0 Å². The first-order chi connectivity index (χ1) is 5.79. The van der Waals surface area contributed by atoms with E-state index in [1.54, 1.807) is 7.11 Å². The average Bonchev–Trinajstić information content (AvgIpc) is 2.16. The quantitative estimate of drug-likeness (QED) is 0.692. The van der Waals surface area contributed by atoms with Crippen LogP contribution < -0.4 is 5.32 Å². The van der Waals surface area contributed by atoms with Gasteiger partial charge in [-0.3, -0.25) is 0 Å². The normalized spacial score (nSPS) is 19.6. The van der Waals surface area contributed by atoms with Gasteiger partial charge in [0.25, 0.3) is 0 Å². The summed E-state index contributed by atoms with van der Waals surface area (Å²) < 4.78 is 5.32. The summed E-state index contributed by atoms with van der Waals surface area (Å²) >= 11 is 0. The van der Waals surface area contributed by atoms with Gasteiger partial charge in [0.15, 0.2) is 0 Å². The smallest absolute Gasteiger partial charge is 0.101 e. The summed E-state index contributed by atoms with van der Waals surface area (Å²) in [5.41, 5.74) is 1.28. The molecule has 12 heavy (non-hydrogen) atoms. The van der Waals surface area contributed by atoms with Crippen LogP contribution in [0.15, 0.2) is 23.5 Å². The van der Waals surface area contributed by atoms with Crippen LogP contribution in [-0.2, 0) is 4.74 Å². The third-order valence-corrected chi connectivity index (χ3v) is 2.30. The van der Waals surface area contributed by atoms with E-state index in [1.165, 1.54) is 5.57 Å². The standard InChI is InChI=1S/C10H17NO/c1-8(11-2)9-6-4-5-7-10(9)12-3/h4,6,8,11H,5,7H2,1-3H3. The zero-order valence-electron chi connectivity index (χ0n) is 8.05. The maximum atomic E-state index is 5.32. The van der Waals surface area contributed by atoms with Crippen molar-refractivity contribution in [1.82, 2.24) is 5.32 Å². The van der Waals surface area contributed by atoms with E-state index in [2.05, 4.69) is 24.4 Å². The van der Waals surface area contributed by atoms with Crippen molar-refractivity contribution in [1.29, 1.82) is 0 Å². The Kier molecular flexibility index (Phi) is 3.35. The van der Waals surface area contributed by atoms with Crippen LogP contribution in [0.4, 0.5) is 0 Å². The number of ether oxygens (including phenoxy) is 1. The molecule has 0 aromatic rings. The van der Waals surface area contributed by atoms with E-state index in [4.69, 9.17) is 4.74 Å². The molecule has 0 aromatic heterocycles. The Labute approximate surface area is 74.3 Å². The molecular formula is C10H17NO. The molecule has 1 rings (SSSR count). The first-order valence-corrected chi connectivity index (χ1v) is 4.40. The Morgan fingerprint density at radius 3 is 2.92 bits per heavy atom. The number of allylic oxidation sites excluding steroid dienone is 2. The molecule has 0 spiro atoms. The van der Waals surface area contributed by atoms with Crippen molar-refractivity contribution in [2.45, 2.75) is 25.8 Å². The third-order valence-electron chi connectivity index (χ3n) is 2.30. The van der Waals surface area contributed by atoms with Gasteiger partial charge in [-0.15, -0.1) is 0 Å². The summed E-state index contributed by atoms with van der Waals surface area (Å²) in [6.07, 6.45) is 6.49. The van der Waals surface area contributed by atoms with E-state index in [-0.39, 0.29) is 0 Å². The van der Waals surface area contributed by atoms with Gasteiger partial charge in [-0.2, -0.15) is 0 Å². The third kappa shape index (κ3) is 1.89. The first-order valence-electron chi connectivity index (χ1n) is 4.40. The van der Waals surface area contributed by atoms with E-state index < -0.39 is 0 Å². The SMILES string of the molecule is CNC(C)C1=C(OC)CCC=C1.